The minimum absolute atomic E-state index is 0. The first-order valence-electron chi connectivity index (χ1n) is 9.44. The van der Waals surface area contributed by atoms with Gasteiger partial charge in [-0.25, -0.2) is 4.98 Å². The van der Waals surface area contributed by atoms with Gasteiger partial charge in [0, 0.05) is 56.6 Å². The predicted octanol–water partition coefficient (Wildman–Crippen LogP) is 3.24. The van der Waals surface area contributed by atoms with Crippen LogP contribution in [-0.2, 0) is 22.5 Å². The van der Waals surface area contributed by atoms with Gasteiger partial charge in [-0.2, -0.15) is 0 Å². The second kappa shape index (κ2) is 9.39. The SMILES string of the molecule is CC(=O)CNc1ncc(CN2CCCO[C@H](Cc3cc(C)nc(C)c3)C2)s1.[HH]. The topological polar surface area (TPSA) is 67.4 Å². The van der Waals surface area contributed by atoms with E-state index >= 15 is 0 Å². The number of anilines is 1. The molecule has 2 aromatic heterocycles. The van der Waals surface area contributed by atoms with Gasteiger partial charge in [-0.15, -0.1) is 11.3 Å². The number of ketones is 1. The highest BCUT2D eigenvalue weighted by molar-refractivity contribution is 7.15. The zero-order valence-electron chi connectivity index (χ0n) is 16.3. The van der Waals surface area contributed by atoms with Crippen molar-refractivity contribution >= 4 is 22.3 Å². The van der Waals surface area contributed by atoms with Gasteiger partial charge in [0.2, 0.25) is 0 Å². The number of pyridine rings is 1. The van der Waals surface area contributed by atoms with Crippen LogP contribution in [0.25, 0.3) is 0 Å². The second-order valence-corrected chi connectivity index (χ2v) is 8.35. The number of carbonyl (C=O) groups is 1. The molecule has 1 atom stereocenters. The van der Waals surface area contributed by atoms with Gasteiger partial charge in [0.1, 0.15) is 5.78 Å². The van der Waals surface area contributed by atoms with Gasteiger partial charge < -0.3 is 10.1 Å². The molecule has 2 aromatic rings. The molecule has 0 unspecified atom stereocenters. The van der Waals surface area contributed by atoms with Crippen LogP contribution in [0.2, 0.25) is 0 Å². The molecule has 0 radical (unpaired) electrons. The highest BCUT2D eigenvalue weighted by Crippen LogP contribution is 2.21. The van der Waals surface area contributed by atoms with Crippen LogP contribution < -0.4 is 5.32 Å². The molecule has 1 saturated heterocycles. The van der Waals surface area contributed by atoms with E-state index in [0.29, 0.717) is 6.54 Å². The molecule has 0 aliphatic carbocycles. The largest absolute Gasteiger partial charge is 0.376 e. The fraction of sp³-hybridized carbons (Fsp3) is 0.550. The highest BCUT2D eigenvalue weighted by Gasteiger charge is 2.20. The monoisotopic (exact) mass is 390 g/mol. The molecule has 0 bridgehead atoms. The lowest BCUT2D eigenvalue weighted by Crippen LogP contribution is -2.32. The zero-order chi connectivity index (χ0) is 19.2. The molecule has 6 nitrogen and oxygen atoms in total. The summed E-state index contributed by atoms with van der Waals surface area (Å²) >= 11 is 1.62. The Kier molecular flexibility index (Phi) is 6.93. The fourth-order valence-electron chi connectivity index (χ4n) is 3.42. The van der Waals surface area contributed by atoms with Gasteiger partial charge in [0.05, 0.1) is 12.6 Å². The van der Waals surface area contributed by atoms with E-state index in [0.717, 1.165) is 55.6 Å². The summed E-state index contributed by atoms with van der Waals surface area (Å²) in [4.78, 5) is 23.6. The van der Waals surface area contributed by atoms with Crippen molar-refractivity contribution in [2.24, 2.45) is 0 Å². The molecule has 0 spiro atoms. The number of nitrogens with one attached hydrogen (secondary N) is 1. The van der Waals surface area contributed by atoms with E-state index in [1.807, 2.05) is 20.0 Å². The Morgan fingerprint density at radius 2 is 2.19 bits per heavy atom. The summed E-state index contributed by atoms with van der Waals surface area (Å²) in [6.07, 6.45) is 4.05. The zero-order valence-corrected chi connectivity index (χ0v) is 17.1. The van der Waals surface area contributed by atoms with E-state index in [2.05, 4.69) is 32.3 Å². The molecule has 148 valence electrons. The van der Waals surface area contributed by atoms with Crippen molar-refractivity contribution in [2.45, 2.75) is 46.3 Å². The number of aromatic nitrogens is 2. The Hall–Kier alpha value is -1.83. The molecule has 1 fully saturated rings. The van der Waals surface area contributed by atoms with E-state index in [9.17, 15) is 4.79 Å². The number of carbonyl (C=O) groups excluding carboxylic acids is 1. The number of rotatable bonds is 7. The number of thiazole rings is 1. The quantitative estimate of drug-likeness (QED) is 0.783. The lowest BCUT2D eigenvalue weighted by atomic mass is 10.1. The normalized spacial score (nSPS) is 18.3. The highest BCUT2D eigenvalue weighted by atomic mass is 32.1. The summed E-state index contributed by atoms with van der Waals surface area (Å²) in [6.45, 7) is 9.60. The van der Waals surface area contributed by atoms with E-state index in [1.165, 1.54) is 10.4 Å². The Morgan fingerprint density at radius 1 is 1.41 bits per heavy atom. The van der Waals surface area contributed by atoms with Crippen molar-refractivity contribution in [1.29, 1.82) is 0 Å². The summed E-state index contributed by atoms with van der Waals surface area (Å²) in [5.41, 5.74) is 3.41. The minimum Gasteiger partial charge on any atom is -0.376 e. The third-order valence-corrected chi connectivity index (χ3v) is 5.40. The summed E-state index contributed by atoms with van der Waals surface area (Å²) in [7, 11) is 0. The predicted molar refractivity (Wildman–Crippen MR) is 110 cm³/mol. The number of hydrogen-bond donors (Lipinski definition) is 1. The summed E-state index contributed by atoms with van der Waals surface area (Å²) in [6, 6.07) is 4.31. The van der Waals surface area contributed by atoms with Crippen molar-refractivity contribution in [3.8, 4) is 0 Å². The van der Waals surface area contributed by atoms with Crippen LogP contribution in [0.1, 0.15) is 36.6 Å². The maximum Gasteiger partial charge on any atom is 0.183 e. The first kappa shape index (κ1) is 19.9. The van der Waals surface area contributed by atoms with E-state index < -0.39 is 0 Å². The molecule has 27 heavy (non-hydrogen) atoms. The fourth-order valence-corrected chi connectivity index (χ4v) is 4.27. The number of aryl methyl sites for hydroxylation is 2. The van der Waals surface area contributed by atoms with Crippen molar-refractivity contribution in [1.82, 2.24) is 14.9 Å². The Labute approximate surface area is 166 Å². The van der Waals surface area contributed by atoms with E-state index in [1.54, 1.807) is 18.3 Å². The first-order valence-corrected chi connectivity index (χ1v) is 10.3. The van der Waals surface area contributed by atoms with Gasteiger partial charge in [-0.3, -0.25) is 14.7 Å². The van der Waals surface area contributed by atoms with Gasteiger partial charge in [-0.05, 0) is 44.9 Å². The van der Waals surface area contributed by atoms with Crippen LogP contribution in [0.3, 0.4) is 0 Å². The molecule has 1 aliphatic heterocycles. The van der Waals surface area contributed by atoms with Crippen LogP contribution in [0.15, 0.2) is 18.3 Å². The molecule has 0 saturated carbocycles. The number of Topliss-reactive ketones (excluding diaryl/α,β-unsaturated/α-hetero) is 1. The Balaban J connectivity index is 0.00000280. The van der Waals surface area contributed by atoms with Crippen molar-refractivity contribution in [2.75, 3.05) is 31.6 Å². The van der Waals surface area contributed by atoms with Crippen LogP contribution in [0.4, 0.5) is 5.13 Å². The number of nitrogens with zero attached hydrogens (tertiary/aromatic N) is 3. The minimum atomic E-state index is 0. The number of hydrogen-bond acceptors (Lipinski definition) is 7. The second-order valence-electron chi connectivity index (χ2n) is 7.23. The molecule has 1 N–H and O–H groups in total. The smallest absolute Gasteiger partial charge is 0.183 e. The first-order chi connectivity index (χ1) is 13.0. The molecule has 0 aromatic carbocycles. The molecule has 0 amide bonds. The van der Waals surface area contributed by atoms with Crippen molar-refractivity contribution in [3.63, 3.8) is 0 Å². The van der Waals surface area contributed by atoms with Gasteiger partial charge in [0.15, 0.2) is 5.13 Å². The van der Waals surface area contributed by atoms with Gasteiger partial charge in [0.25, 0.3) is 0 Å². The average Bonchev–Trinajstić information content (AvgIpc) is 2.91. The lowest BCUT2D eigenvalue weighted by molar-refractivity contribution is -0.115. The van der Waals surface area contributed by atoms with Crippen LogP contribution in [-0.4, -0.2) is 53.0 Å². The van der Waals surface area contributed by atoms with Crippen LogP contribution in [0.5, 0.6) is 0 Å². The molecule has 7 heteroatoms. The lowest BCUT2D eigenvalue weighted by Gasteiger charge is -2.23. The third kappa shape index (κ3) is 6.37. The van der Waals surface area contributed by atoms with Crippen molar-refractivity contribution in [3.05, 3.63) is 40.2 Å². The maximum atomic E-state index is 11.1. The molecule has 3 rings (SSSR count). The molecular weight excluding hydrogens is 360 g/mol. The van der Waals surface area contributed by atoms with Gasteiger partial charge >= 0.3 is 0 Å². The van der Waals surface area contributed by atoms with E-state index in [4.69, 9.17) is 4.74 Å². The van der Waals surface area contributed by atoms with E-state index in [-0.39, 0.29) is 13.3 Å². The molecule has 3 heterocycles. The Morgan fingerprint density at radius 3 is 2.93 bits per heavy atom. The average molecular weight is 391 g/mol. The number of ether oxygens (including phenoxy) is 1. The van der Waals surface area contributed by atoms with Gasteiger partial charge in [-0.1, -0.05) is 0 Å². The van der Waals surface area contributed by atoms with Crippen molar-refractivity contribution < 1.29 is 11.0 Å². The molecule has 1 aliphatic rings. The maximum absolute atomic E-state index is 11.1. The standard InChI is InChI=1S/C20H28N4O2S.H2/c1-14-7-17(8-15(2)23-14)9-18-12-24(5-4-6-26-18)13-19-11-22-20(27-19)21-10-16(3)25;/h7-8,11,18H,4-6,9-10,12-13H2,1-3H3,(H,21,22);1H/t18-;/m1./s1. The Bertz CT molecular complexity index is 763. The summed E-state index contributed by atoms with van der Waals surface area (Å²) < 4.78 is 6.10. The third-order valence-electron chi connectivity index (χ3n) is 4.46. The molecular formula is C20H30N4O2S. The summed E-state index contributed by atoms with van der Waals surface area (Å²) in [5.74, 6) is 0.112. The van der Waals surface area contributed by atoms with Crippen LogP contribution >= 0.6 is 11.3 Å². The summed E-state index contributed by atoms with van der Waals surface area (Å²) in [5, 5.41) is 3.89. The van der Waals surface area contributed by atoms with Crippen LogP contribution in [0, 0.1) is 13.8 Å².